The minimum atomic E-state index is 0.974. The Morgan fingerprint density at radius 3 is 1.54 bits per heavy atom. The third-order valence-electron chi connectivity index (χ3n) is 4.49. The number of hydrogen-bond donors (Lipinski definition) is 0. The Kier molecular flexibility index (Phi) is 5.88. The highest BCUT2D eigenvalue weighted by molar-refractivity contribution is 9.11. The largest absolute Gasteiger partial charge is 0.254 e. The maximum absolute atomic E-state index is 4.74. The summed E-state index contributed by atoms with van der Waals surface area (Å²) >= 11 is 7.57. The fraction of sp³-hybridized carbons (Fsp3) is 0.400. The molecule has 0 atom stereocenters. The van der Waals surface area contributed by atoms with Gasteiger partial charge in [0.2, 0.25) is 0 Å². The van der Waals surface area contributed by atoms with E-state index < -0.39 is 0 Å². The second-order valence-electron chi connectivity index (χ2n) is 6.26. The van der Waals surface area contributed by atoms with Crippen molar-refractivity contribution in [3.8, 4) is 0 Å². The molecule has 0 N–H and O–H groups in total. The number of unbranched alkanes of at least 4 members (excludes halogenated alkanes) is 2. The van der Waals surface area contributed by atoms with E-state index in [-0.39, 0.29) is 0 Å². The van der Waals surface area contributed by atoms with Crippen LogP contribution in [0.4, 0.5) is 0 Å². The quantitative estimate of drug-likeness (QED) is 0.378. The van der Waals surface area contributed by atoms with Crippen molar-refractivity contribution in [3.05, 3.63) is 44.6 Å². The lowest BCUT2D eigenvalue weighted by Gasteiger charge is -2.11. The van der Waals surface area contributed by atoms with Gasteiger partial charge in [-0.25, -0.2) is 0 Å². The average molecular weight is 450 g/mol. The predicted molar refractivity (Wildman–Crippen MR) is 110 cm³/mol. The normalized spacial score (nSPS) is 11.5. The Morgan fingerprint density at radius 1 is 0.750 bits per heavy atom. The van der Waals surface area contributed by atoms with Gasteiger partial charge in [-0.1, -0.05) is 38.8 Å². The number of nitrogens with zero attached hydrogens (tertiary/aromatic N) is 2. The first-order chi connectivity index (χ1) is 11.7. The summed E-state index contributed by atoms with van der Waals surface area (Å²) in [4.78, 5) is 9.49. The zero-order valence-electron chi connectivity index (χ0n) is 14.2. The smallest absolute Gasteiger partial charge is 0.0976 e. The summed E-state index contributed by atoms with van der Waals surface area (Å²) in [6.45, 7) is 4.43. The molecular weight excluding hydrogens is 428 g/mol. The van der Waals surface area contributed by atoms with Gasteiger partial charge in [-0.3, -0.25) is 9.97 Å². The second-order valence-corrected chi connectivity index (χ2v) is 7.85. The second kappa shape index (κ2) is 7.92. The van der Waals surface area contributed by atoms with Crippen molar-refractivity contribution in [2.75, 3.05) is 0 Å². The molecule has 0 unspecified atom stereocenters. The predicted octanol–water partition coefficient (Wildman–Crippen LogP) is 6.99. The molecule has 0 aliphatic heterocycles. The Bertz CT molecular complexity index is 802. The number of fused-ring (bicyclic) bond motifs is 3. The van der Waals surface area contributed by atoms with Gasteiger partial charge in [0.25, 0.3) is 0 Å². The molecule has 0 saturated carbocycles. The molecule has 0 fully saturated rings. The fourth-order valence-electron chi connectivity index (χ4n) is 3.02. The number of rotatable bonds is 6. The third kappa shape index (κ3) is 3.36. The van der Waals surface area contributed by atoms with Crippen LogP contribution in [0.2, 0.25) is 0 Å². The van der Waals surface area contributed by atoms with Crippen molar-refractivity contribution in [2.45, 2.75) is 52.4 Å². The summed E-state index contributed by atoms with van der Waals surface area (Å²) in [5.41, 5.74) is 4.51. The van der Waals surface area contributed by atoms with Crippen molar-refractivity contribution in [1.29, 1.82) is 0 Å². The lowest BCUT2D eigenvalue weighted by atomic mass is 10.0. The number of halogens is 2. The van der Waals surface area contributed by atoms with E-state index in [1.165, 1.54) is 36.8 Å². The summed E-state index contributed by atoms with van der Waals surface area (Å²) in [6, 6.07) is 4.33. The van der Waals surface area contributed by atoms with Gasteiger partial charge in [0, 0.05) is 32.1 Å². The van der Waals surface area contributed by atoms with Crippen molar-refractivity contribution in [1.82, 2.24) is 9.97 Å². The molecule has 0 saturated heterocycles. The monoisotopic (exact) mass is 448 g/mol. The number of aryl methyl sites for hydroxylation is 2. The van der Waals surface area contributed by atoms with Crippen molar-refractivity contribution < 1.29 is 0 Å². The van der Waals surface area contributed by atoms with E-state index in [0.717, 1.165) is 43.6 Å². The molecular formula is C20H22Br2N2. The van der Waals surface area contributed by atoms with Gasteiger partial charge in [0.15, 0.2) is 0 Å². The number of benzene rings is 1. The highest BCUT2D eigenvalue weighted by Crippen LogP contribution is 2.35. The first-order valence-electron chi connectivity index (χ1n) is 8.70. The minimum Gasteiger partial charge on any atom is -0.254 e. The maximum atomic E-state index is 4.74. The number of hydrogen-bond acceptors (Lipinski definition) is 2. The summed E-state index contributed by atoms with van der Waals surface area (Å²) in [7, 11) is 0. The summed E-state index contributed by atoms with van der Waals surface area (Å²) in [6.07, 6.45) is 10.9. The Labute approximate surface area is 160 Å². The van der Waals surface area contributed by atoms with Crippen LogP contribution in [0.3, 0.4) is 0 Å². The molecule has 0 aliphatic rings. The highest BCUT2D eigenvalue weighted by Gasteiger charge is 2.13. The van der Waals surface area contributed by atoms with E-state index in [0.29, 0.717) is 0 Å². The van der Waals surface area contributed by atoms with Gasteiger partial charge in [0.05, 0.1) is 11.0 Å². The van der Waals surface area contributed by atoms with Gasteiger partial charge in [-0.15, -0.1) is 0 Å². The molecule has 2 nitrogen and oxygen atoms in total. The van der Waals surface area contributed by atoms with Crippen LogP contribution in [0.25, 0.3) is 21.8 Å². The topological polar surface area (TPSA) is 25.8 Å². The SMILES string of the molecule is CCCCc1cnc2c(ccc3c(Br)c(CCCC)cnc32)c1Br. The zero-order valence-corrected chi connectivity index (χ0v) is 17.4. The van der Waals surface area contributed by atoms with E-state index in [9.17, 15) is 0 Å². The molecule has 0 radical (unpaired) electrons. The van der Waals surface area contributed by atoms with Crippen LogP contribution >= 0.6 is 31.9 Å². The lowest BCUT2D eigenvalue weighted by molar-refractivity contribution is 0.791. The molecule has 0 spiro atoms. The van der Waals surface area contributed by atoms with Crippen LogP contribution in [0.5, 0.6) is 0 Å². The van der Waals surface area contributed by atoms with Gasteiger partial charge in [0.1, 0.15) is 0 Å². The summed E-state index contributed by atoms with van der Waals surface area (Å²) in [5, 5.41) is 2.30. The van der Waals surface area contributed by atoms with Crippen LogP contribution in [0.1, 0.15) is 50.7 Å². The van der Waals surface area contributed by atoms with Gasteiger partial charge < -0.3 is 0 Å². The van der Waals surface area contributed by atoms with Gasteiger partial charge in [-0.05, 0) is 68.7 Å². The highest BCUT2D eigenvalue weighted by atomic mass is 79.9. The van der Waals surface area contributed by atoms with Crippen LogP contribution in [-0.4, -0.2) is 9.97 Å². The fourth-order valence-corrected chi connectivity index (χ4v) is 4.26. The van der Waals surface area contributed by atoms with Gasteiger partial charge in [-0.2, -0.15) is 0 Å². The van der Waals surface area contributed by atoms with Crippen LogP contribution in [0.15, 0.2) is 33.5 Å². The number of pyridine rings is 2. The minimum absolute atomic E-state index is 0.974. The zero-order chi connectivity index (χ0) is 17.1. The van der Waals surface area contributed by atoms with E-state index in [1.54, 1.807) is 0 Å². The van der Waals surface area contributed by atoms with Crippen molar-refractivity contribution in [2.24, 2.45) is 0 Å². The van der Waals surface area contributed by atoms with Crippen molar-refractivity contribution in [3.63, 3.8) is 0 Å². The molecule has 3 rings (SSSR count). The standard InChI is InChI=1S/C20H22Br2N2/c1-3-5-7-13-11-23-19-15(17(13)21)9-10-16-18(22)14(8-6-4-2)12-24-20(16)19/h9-12H,3-8H2,1-2H3. The third-order valence-corrected chi connectivity index (χ3v) is 6.36. The molecule has 2 aromatic heterocycles. The molecule has 2 heterocycles. The molecule has 0 aliphatic carbocycles. The number of aromatic nitrogens is 2. The maximum Gasteiger partial charge on any atom is 0.0976 e. The van der Waals surface area contributed by atoms with Gasteiger partial charge >= 0.3 is 0 Å². The molecule has 1 aromatic carbocycles. The molecule has 0 bridgehead atoms. The Hall–Kier alpha value is -1.00. The first-order valence-corrected chi connectivity index (χ1v) is 10.3. The van der Waals surface area contributed by atoms with Crippen LogP contribution in [-0.2, 0) is 12.8 Å². The Morgan fingerprint density at radius 2 is 1.17 bits per heavy atom. The van der Waals surface area contributed by atoms with E-state index in [4.69, 9.17) is 9.97 Å². The Balaban J connectivity index is 2.14. The van der Waals surface area contributed by atoms with E-state index in [1.807, 2.05) is 12.4 Å². The average Bonchev–Trinajstić information content (AvgIpc) is 2.60. The lowest BCUT2D eigenvalue weighted by Crippen LogP contribution is -1.95. The van der Waals surface area contributed by atoms with E-state index in [2.05, 4.69) is 57.8 Å². The van der Waals surface area contributed by atoms with E-state index >= 15 is 0 Å². The molecule has 4 heteroatoms. The molecule has 24 heavy (non-hydrogen) atoms. The molecule has 3 aromatic rings. The van der Waals surface area contributed by atoms with Crippen molar-refractivity contribution >= 4 is 53.7 Å². The molecule has 126 valence electrons. The van der Waals surface area contributed by atoms with Crippen LogP contribution in [0, 0.1) is 0 Å². The molecule has 0 amide bonds. The summed E-state index contributed by atoms with van der Waals surface area (Å²) < 4.78 is 2.33. The summed E-state index contributed by atoms with van der Waals surface area (Å²) in [5.74, 6) is 0. The van der Waals surface area contributed by atoms with Crippen LogP contribution < -0.4 is 0 Å². The first kappa shape index (κ1) is 17.8.